The molecule has 0 aromatic heterocycles. The summed E-state index contributed by atoms with van der Waals surface area (Å²) in [6, 6.07) is 0. The topological polar surface area (TPSA) is 0 Å². The van der Waals surface area contributed by atoms with Crippen LogP contribution in [0.25, 0.3) is 0 Å². The van der Waals surface area contributed by atoms with E-state index in [4.69, 9.17) is 0 Å². The first-order valence-corrected chi connectivity index (χ1v) is 4.28. The zero-order valence-electron chi connectivity index (χ0n) is 8.18. The van der Waals surface area contributed by atoms with E-state index in [2.05, 4.69) is 0 Å². The molecule has 16 heavy (non-hydrogen) atoms. The first-order chi connectivity index (χ1) is 6.82. The van der Waals surface area contributed by atoms with Crippen LogP contribution >= 0.6 is 0 Å². The minimum atomic E-state index is -5.89. The van der Waals surface area contributed by atoms with Crippen molar-refractivity contribution >= 4 is 0 Å². The first kappa shape index (κ1) is 13.5. The molecule has 0 aliphatic heterocycles. The molecule has 1 saturated carbocycles. The molecule has 4 unspecified atom stereocenters. The largest absolute Gasteiger partial charge is 0.426 e. The van der Waals surface area contributed by atoms with Crippen molar-refractivity contribution in [2.75, 3.05) is 0 Å². The van der Waals surface area contributed by atoms with Gasteiger partial charge < -0.3 is 0 Å². The summed E-state index contributed by atoms with van der Waals surface area (Å²) >= 11 is 0. The smallest absolute Gasteiger partial charge is 0.243 e. The molecule has 0 spiro atoms. The van der Waals surface area contributed by atoms with Gasteiger partial charge in [-0.1, -0.05) is 6.92 Å². The lowest BCUT2D eigenvalue weighted by atomic mass is 9.50. The van der Waals surface area contributed by atoms with Crippen molar-refractivity contribution in [3.63, 3.8) is 0 Å². The van der Waals surface area contributed by atoms with Crippen LogP contribution in [0.1, 0.15) is 13.8 Å². The zero-order chi connectivity index (χ0) is 13.2. The van der Waals surface area contributed by atoms with Gasteiger partial charge in [-0.2, -0.15) is 26.3 Å². The van der Waals surface area contributed by atoms with Crippen LogP contribution in [-0.4, -0.2) is 24.2 Å². The van der Waals surface area contributed by atoms with Gasteiger partial charge >= 0.3 is 12.4 Å². The van der Waals surface area contributed by atoms with Gasteiger partial charge in [0.05, 0.1) is 0 Å². The van der Waals surface area contributed by atoms with Crippen molar-refractivity contribution < 1.29 is 35.1 Å². The van der Waals surface area contributed by atoms with Crippen LogP contribution in [0.15, 0.2) is 0 Å². The Kier molecular flexibility index (Phi) is 2.54. The predicted molar refractivity (Wildman–Crippen MR) is 38.1 cm³/mol. The van der Waals surface area contributed by atoms with Gasteiger partial charge in [0.15, 0.2) is 0 Å². The summed E-state index contributed by atoms with van der Waals surface area (Å²) in [6.45, 7) is 0.670. The number of rotatable bonds is 0. The maximum absolute atomic E-state index is 13.4. The van der Waals surface area contributed by atoms with E-state index in [1.165, 1.54) is 0 Å². The molecule has 0 amide bonds. The number of alkyl halides is 8. The average Bonchev–Trinajstić information content (AvgIpc) is 2.09. The Morgan fingerprint density at radius 2 is 1.31 bits per heavy atom. The van der Waals surface area contributed by atoms with Crippen molar-refractivity contribution in [2.24, 2.45) is 11.3 Å². The second-order valence-electron chi connectivity index (χ2n) is 4.10. The molecule has 0 bridgehead atoms. The van der Waals surface area contributed by atoms with Gasteiger partial charge in [-0.3, -0.25) is 0 Å². The molecule has 0 N–H and O–H groups in total. The Morgan fingerprint density at radius 1 is 0.938 bits per heavy atom. The lowest BCUT2D eigenvalue weighted by molar-refractivity contribution is -0.419. The fourth-order valence-electron chi connectivity index (χ4n) is 2.07. The average molecular weight is 256 g/mol. The second kappa shape index (κ2) is 3.01. The highest BCUT2D eigenvalue weighted by atomic mass is 19.4. The van der Waals surface area contributed by atoms with Gasteiger partial charge in [0.25, 0.3) is 5.67 Å². The minimum Gasteiger partial charge on any atom is -0.243 e. The fraction of sp³-hybridized carbons (Fsp3) is 1.00. The molecule has 0 radical (unpaired) electrons. The molecule has 1 aliphatic carbocycles. The zero-order valence-corrected chi connectivity index (χ0v) is 8.18. The van der Waals surface area contributed by atoms with Crippen molar-refractivity contribution in [1.82, 2.24) is 0 Å². The maximum atomic E-state index is 13.4. The van der Waals surface area contributed by atoms with Gasteiger partial charge in [-0.05, 0) is 6.92 Å². The Morgan fingerprint density at radius 3 is 1.50 bits per heavy atom. The van der Waals surface area contributed by atoms with Gasteiger partial charge in [0, 0.05) is 5.92 Å². The molecule has 0 aromatic rings. The third-order valence-corrected chi connectivity index (χ3v) is 3.49. The summed E-state index contributed by atoms with van der Waals surface area (Å²) in [5, 5.41) is 0. The van der Waals surface area contributed by atoms with E-state index in [-0.39, 0.29) is 6.92 Å². The molecular formula is C8H8F8. The van der Waals surface area contributed by atoms with Gasteiger partial charge in [0.1, 0.15) is 11.6 Å². The molecule has 0 saturated heterocycles. The van der Waals surface area contributed by atoms with Crippen LogP contribution in [0.5, 0.6) is 0 Å². The third-order valence-electron chi connectivity index (χ3n) is 3.49. The van der Waals surface area contributed by atoms with Gasteiger partial charge in [-0.15, -0.1) is 0 Å². The highest BCUT2D eigenvalue weighted by Gasteiger charge is 2.88. The van der Waals surface area contributed by atoms with Crippen LogP contribution in [0.4, 0.5) is 35.1 Å². The quantitative estimate of drug-likeness (QED) is 0.578. The molecule has 1 rings (SSSR count). The van der Waals surface area contributed by atoms with Gasteiger partial charge in [-0.25, -0.2) is 8.78 Å². The minimum absolute atomic E-state index is 0.0568. The van der Waals surface area contributed by atoms with Crippen LogP contribution < -0.4 is 0 Å². The predicted octanol–water partition coefficient (Wildman–Crippen LogP) is 3.81. The molecule has 96 valence electrons. The summed E-state index contributed by atoms with van der Waals surface area (Å²) in [5.41, 5.74) is -8.60. The highest BCUT2D eigenvalue weighted by Crippen LogP contribution is 2.70. The number of hydrogen-bond acceptors (Lipinski definition) is 0. The van der Waals surface area contributed by atoms with Crippen LogP contribution in [0.2, 0.25) is 0 Å². The van der Waals surface area contributed by atoms with Crippen molar-refractivity contribution in [3.05, 3.63) is 0 Å². The van der Waals surface area contributed by atoms with E-state index in [9.17, 15) is 35.1 Å². The van der Waals surface area contributed by atoms with E-state index >= 15 is 0 Å². The molecule has 0 nitrogen and oxygen atoms in total. The van der Waals surface area contributed by atoms with E-state index < -0.39 is 35.5 Å². The summed E-state index contributed by atoms with van der Waals surface area (Å²) in [6.07, 6.45) is -14.5. The lowest BCUT2D eigenvalue weighted by Gasteiger charge is -2.59. The monoisotopic (exact) mass is 256 g/mol. The van der Waals surface area contributed by atoms with E-state index in [0.717, 1.165) is 0 Å². The Hall–Kier alpha value is -0.560. The second-order valence-corrected chi connectivity index (χ2v) is 4.10. The highest BCUT2D eigenvalue weighted by molar-refractivity contribution is 5.22. The SMILES string of the molecule is CC1C(F)C(F)(C(F)(F)F)C1(C)C(F)(F)F. The fourth-order valence-corrected chi connectivity index (χ4v) is 2.07. The molecule has 8 heteroatoms. The number of hydrogen-bond donors (Lipinski definition) is 0. The summed E-state index contributed by atoms with van der Waals surface area (Å²) in [4.78, 5) is 0. The summed E-state index contributed by atoms with van der Waals surface area (Å²) in [5.74, 6) is -2.07. The van der Waals surface area contributed by atoms with Crippen molar-refractivity contribution in [1.29, 1.82) is 0 Å². The first-order valence-electron chi connectivity index (χ1n) is 4.28. The van der Waals surface area contributed by atoms with E-state index in [0.29, 0.717) is 6.92 Å². The van der Waals surface area contributed by atoms with Crippen molar-refractivity contribution in [2.45, 2.75) is 38.0 Å². The molecule has 4 atom stereocenters. The molecule has 0 heterocycles. The number of halogens is 8. The molecule has 1 fully saturated rings. The van der Waals surface area contributed by atoms with Crippen LogP contribution in [-0.2, 0) is 0 Å². The standard InChI is InChI=1S/C8H8F8/c1-3-4(9)6(10,8(14,15)16)5(3,2)7(11,12)13/h3-4H,1-2H3. The normalized spacial score (nSPS) is 45.4. The van der Waals surface area contributed by atoms with E-state index in [1.807, 2.05) is 0 Å². The lowest BCUT2D eigenvalue weighted by Crippen LogP contribution is -2.78. The van der Waals surface area contributed by atoms with Crippen LogP contribution in [0.3, 0.4) is 0 Å². The molecular weight excluding hydrogens is 248 g/mol. The molecule has 1 aliphatic rings. The van der Waals surface area contributed by atoms with Crippen molar-refractivity contribution in [3.8, 4) is 0 Å². The third kappa shape index (κ3) is 1.15. The van der Waals surface area contributed by atoms with Gasteiger partial charge in [0.2, 0.25) is 0 Å². The summed E-state index contributed by atoms with van der Waals surface area (Å²) < 4.78 is 100. The Bertz CT molecular complexity index is 261. The van der Waals surface area contributed by atoms with E-state index in [1.54, 1.807) is 0 Å². The maximum Gasteiger partial charge on any atom is 0.426 e. The Balaban J connectivity index is 3.31. The van der Waals surface area contributed by atoms with Crippen LogP contribution in [0, 0.1) is 11.3 Å². The Labute approximate surface area is 85.6 Å². The molecule has 0 aromatic carbocycles. The summed E-state index contributed by atoms with van der Waals surface area (Å²) in [7, 11) is 0.